The lowest BCUT2D eigenvalue weighted by molar-refractivity contribution is -0.134. The van der Waals surface area contributed by atoms with Gasteiger partial charge in [-0.05, 0) is 37.9 Å². The number of hydrogen-bond acceptors (Lipinski definition) is 4. The van der Waals surface area contributed by atoms with Crippen LogP contribution in [-0.4, -0.2) is 89.4 Å². The molecule has 150 valence electrons. The second kappa shape index (κ2) is 6.85. The molecule has 4 fully saturated rings. The van der Waals surface area contributed by atoms with Crippen molar-refractivity contribution in [1.29, 1.82) is 0 Å². The molecule has 28 heavy (non-hydrogen) atoms. The summed E-state index contributed by atoms with van der Waals surface area (Å²) in [6, 6.07) is 9.55. The highest BCUT2D eigenvalue weighted by Crippen LogP contribution is 2.44. The van der Waals surface area contributed by atoms with E-state index in [4.69, 9.17) is 0 Å². The summed E-state index contributed by atoms with van der Waals surface area (Å²) in [6.07, 6.45) is 4.24. The minimum Gasteiger partial charge on any atom is -0.338 e. The Kier molecular flexibility index (Phi) is 4.43. The van der Waals surface area contributed by atoms with Crippen molar-refractivity contribution in [2.75, 3.05) is 46.3 Å². The van der Waals surface area contributed by atoms with E-state index in [2.05, 4.69) is 21.7 Å². The molecule has 0 aromatic heterocycles. The predicted molar refractivity (Wildman–Crippen MR) is 107 cm³/mol. The molecule has 1 spiro atoms. The highest BCUT2D eigenvalue weighted by atomic mass is 16.2. The molecule has 3 heterocycles. The number of likely N-dealkylation sites (tertiary alicyclic amines) is 1. The first-order valence-corrected chi connectivity index (χ1v) is 10.7. The lowest BCUT2D eigenvalue weighted by atomic mass is 9.92. The topological polar surface area (TPSA) is 47.1 Å². The summed E-state index contributed by atoms with van der Waals surface area (Å²) < 4.78 is 0. The van der Waals surface area contributed by atoms with Crippen molar-refractivity contribution < 1.29 is 9.59 Å². The van der Waals surface area contributed by atoms with Gasteiger partial charge in [0.2, 0.25) is 5.91 Å². The molecule has 6 nitrogen and oxygen atoms in total. The molecule has 6 heteroatoms. The van der Waals surface area contributed by atoms with Crippen molar-refractivity contribution >= 4 is 11.8 Å². The molecule has 3 saturated heterocycles. The first-order chi connectivity index (χ1) is 13.6. The molecular weight excluding hydrogens is 352 g/mol. The second-order valence-electron chi connectivity index (χ2n) is 9.00. The van der Waals surface area contributed by atoms with E-state index in [-0.39, 0.29) is 17.6 Å². The molecule has 4 aliphatic rings. The Hall–Kier alpha value is -1.92. The molecule has 1 aromatic rings. The number of benzene rings is 1. The van der Waals surface area contributed by atoms with E-state index in [1.807, 2.05) is 35.2 Å². The summed E-state index contributed by atoms with van der Waals surface area (Å²) >= 11 is 0. The summed E-state index contributed by atoms with van der Waals surface area (Å²) in [6.45, 7) is 5.13. The van der Waals surface area contributed by atoms with Crippen LogP contribution in [0.25, 0.3) is 0 Å². The SMILES string of the molecule is CN1CCN2[C@H](C1)C(=O)N(CC1CC1)C21CCN(C(=O)c2ccccc2)CC1. The third-order valence-electron chi connectivity index (χ3n) is 7.18. The quantitative estimate of drug-likeness (QED) is 0.795. The van der Waals surface area contributed by atoms with Gasteiger partial charge in [-0.3, -0.25) is 14.5 Å². The highest BCUT2D eigenvalue weighted by molar-refractivity contribution is 5.94. The summed E-state index contributed by atoms with van der Waals surface area (Å²) in [5.41, 5.74) is 0.576. The molecule has 1 aromatic carbocycles. The first-order valence-electron chi connectivity index (χ1n) is 10.7. The van der Waals surface area contributed by atoms with Crippen LogP contribution in [0, 0.1) is 5.92 Å². The van der Waals surface area contributed by atoms with Crippen LogP contribution in [0.4, 0.5) is 0 Å². The Balaban J connectivity index is 1.37. The minimum atomic E-state index is -0.181. The van der Waals surface area contributed by atoms with E-state index in [9.17, 15) is 9.59 Å². The van der Waals surface area contributed by atoms with Crippen LogP contribution < -0.4 is 0 Å². The number of fused-ring (bicyclic) bond motifs is 2. The van der Waals surface area contributed by atoms with Crippen molar-refractivity contribution in [2.45, 2.75) is 37.4 Å². The van der Waals surface area contributed by atoms with Crippen LogP contribution in [0.1, 0.15) is 36.0 Å². The van der Waals surface area contributed by atoms with E-state index in [0.717, 1.165) is 57.7 Å². The van der Waals surface area contributed by atoms with Crippen LogP contribution in [0.3, 0.4) is 0 Å². The molecule has 1 saturated carbocycles. The highest BCUT2D eigenvalue weighted by Gasteiger charge is 2.59. The lowest BCUT2D eigenvalue weighted by Gasteiger charge is -2.50. The Labute approximate surface area is 167 Å². The maximum absolute atomic E-state index is 13.3. The largest absolute Gasteiger partial charge is 0.338 e. The Morgan fingerprint density at radius 1 is 1.07 bits per heavy atom. The molecule has 0 bridgehead atoms. The number of carbonyl (C=O) groups excluding carboxylic acids is 2. The normalized spacial score (nSPS) is 28.0. The Morgan fingerprint density at radius 2 is 1.79 bits per heavy atom. The van der Waals surface area contributed by atoms with Gasteiger partial charge >= 0.3 is 0 Å². The van der Waals surface area contributed by atoms with Gasteiger partial charge in [-0.1, -0.05) is 18.2 Å². The average Bonchev–Trinajstić information content (AvgIpc) is 3.53. The predicted octanol–water partition coefficient (Wildman–Crippen LogP) is 1.49. The third kappa shape index (κ3) is 2.94. The smallest absolute Gasteiger partial charge is 0.253 e. The first kappa shape index (κ1) is 18.1. The van der Waals surface area contributed by atoms with Crippen LogP contribution in [-0.2, 0) is 4.79 Å². The number of hydrogen-bond donors (Lipinski definition) is 0. The van der Waals surface area contributed by atoms with Gasteiger partial charge in [0.1, 0.15) is 11.7 Å². The van der Waals surface area contributed by atoms with Crippen LogP contribution in [0.15, 0.2) is 30.3 Å². The van der Waals surface area contributed by atoms with E-state index >= 15 is 0 Å². The van der Waals surface area contributed by atoms with Gasteiger partial charge in [-0.15, -0.1) is 0 Å². The van der Waals surface area contributed by atoms with E-state index < -0.39 is 0 Å². The van der Waals surface area contributed by atoms with E-state index in [1.54, 1.807) is 0 Å². The fraction of sp³-hybridized carbons (Fsp3) is 0.636. The molecular formula is C22H30N4O2. The molecule has 3 aliphatic heterocycles. The van der Waals surface area contributed by atoms with Crippen LogP contribution in [0.5, 0.6) is 0 Å². The molecule has 2 amide bonds. The van der Waals surface area contributed by atoms with Gasteiger partial charge in [0.15, 0.2) is 0 Å². The van der Waals surface area contributed by atoms with Gasteiger partial charge in [0.05, 0.1) is 0 Å². The molecule has 5 rings (SSSR count). The van der Waals surface area contributed by atoms with Crippen LogP contribution in [0.2, 0.25) is 0 Å². The Morgan fingerprint density at radius 3 is 2.46 bits per heavy atom. The zero-order valence-electron chi connectivity index (χ0n) is 16.7. The number of nitrogens with zero attached hydrogens (tertiary/aromatic N) is 4. The molecule has 0 radical (unpaired) electrons. The van der Waals surface area contributed by atoms with Gasteiger partial charge in [0, 0.05) is 57.7 Å². The number of carbonyl (C=O) groups is 2. The second-order valence-corrected chi connectivity index (χ2v) is 9.00. The number of amides is 2. The van der Waals surface area contributed by atoms with E-state index in [0.29, 0.717) is 11.8 Å². The third-order valence-corrected chi connectivity index (χ3v) is 7.18. The number of likely N-dealkylation sites (N-methyl/N-ethyl adjacent to an activating group) is 1. The molecule has 1 atom stereocenters. The van der Waals surface area contributed by atoms with Crippen molar-refractivity contribution in [3.05, 3.63) is 35.9 Å². The zero-order chi connectivity index (χ0) is 19.3. The van der Waals surface area contributed by atoms with Crippen molar-refractivity contribution in [3.8, 4) is 0 Å². The van der Waals surface area contributed by atoms with Gasteiger partial charge in [0.25, 0.3) is 5.91 Å². The van der Waals surface area contributed by atoms with Gasteiger partial charge in [-0.2, -0.15) is 0 Å². The van der Waals surface area contributed by atoms with Crippen LogP contribution >= 0.6 is 0 Å². The summed E-state index contributed by atoms with van der Waals surface area (Å²) in [5, 5.41) is 0. The van der Waals surface area contributed by atoms with Crippen molar-refractivity contribution in [2.24, 2.45) is 5.92 Å². The number of rotatable bonds is 3. The fourth-order valence-electron chi connectivity index (χ4n) is 5.38. The Bertz CT molecular complexity index is 755. The minimum absolute atomic E-state index is 0.00567. The fourth-order valence-corrected chi connectivity index (χ4v) is 5.38. The molecule has 0 N–H and O–H groups in total. The maximum Gasteiger partial charge on any atom is 0.253 e. The lowest BCUT2D eigenvalue weighted by Crippen LogP contribution is -2.63. The number of piperazine rings is 1. The van der Waals surface area contributed by atoms with Gasteiger partial charge < -0.3 is 14.7 Å². The maximum atomic E-state index is 13.3. The zero-order valence-corrected chi connectivity index (χ0v) is 16.7. The molecule has 1 aliphatic carbocycles. The standard InChI is InChI=1S/C22H30N4O2/c1-23-13-14-25-19(16-23)21(28)26(15-17-7-8-17)22(25)9-11-24(12-10-22)20(27)18-5-3-2-4-6-18/h2-6,17,19H,7-16H2,1H3/t19-/m1/s1. The summed E-state index contributed by atoms with van der Waals surface area (Å²) in [7, 11) is 2.11. The van der Waals surface area contributed by atoms with Gasteiger partial charge in [-0.25, -0.2) is 0 Å². The summed E-state index contributed by atoms with van der Waals surface area (Å²) in [5.74, 6) is 1.12. The summed E-state index contributed by atoms with van der Waals surface area (Å²) in [4.78, 5) is 35.2. The average molecular weight is 383 g/mol. The monoisotopic (exact) mass is 382 g/mol. The number of piperidine rings is 1. The molecule has 0 unspecified atom stereocenters. The van der Waals surface area contributed by atoms with Crippen molar-refractivity contribution in [1.82, 2.24) is 19.6 Å². The van der Waals surface area contributed by atoms with Crippen molar-refractivity contribution in [3.63, 3.8) is 0 Å². The van der Waals surface area contributed by atoms with E-state index in [1.165, 1.54) is 12.8 Å².